The molecule has 1 aromatic rings. The van der Waals surface area contributed by atoms with E-state index in [-0.39, 0.29) is 36.2 Å². The van der Waals surface area contributed by atoms with Crippen LogP contribution in [0.1, 0.15) is 52.8 Å². The number of likely N-dealkylation sites (tertiary alicyclic amines) is 1. The molecule has 184 valence electrons. The second kappa shape index (κ2) is 14.5. The molecule has 0 atom stereocenters. The molecule has 0 aromatic carbocycles. The highest BCUT2D eigenvalue weighted by molar-refractivity contribution is 14.0. The van der Waals surface area contributed by atoms with Crippen molar-refractivity contribution in [1.82, 2.24) is 30.3 Å². The van der Waals surface area contributed by atoms with Crippen LogP contribution in [0.5, 0.6) is 0 Å². The van der Waals surface area contributed by atoms with Crippen LogP contribution in [0.2, 0.25) is 0 Å². The first kappa shape index (κ1) is 28.4. The lowest BCUT2D eigenvalue weighted by atomic mass is 10.1. The van der Waals surface area contributed by atoms with Gasteiger partial charge in [0.15, 0.2) is 5.96 Å². The van der Waals surface area contributed by atoms with Gasteiger partial charge in [-0.25, -0.2) is 4.79 Å². The van der Waals surface area contributed by atoms with Crippen molar-refractivity contribution in [3.63, 3.8) is 0 Å². The number of hydrogen-bond donors (Lipinski definition) is 2. The number of nitrogens with one attached hydrogen (secondary N) is 2. The Hall–Kier alpha value is -1.63. The van der Waals surface area contributed by atoms with E-state index < -0.39 is 5.60 Å². The number of halogens is 1. The Morgan fingerprint density at radius 2 is 1.97 bits per heavy atom. The summed E-state index contributed by atoms with van der Waals surface area (Å²) in [5.74, 6) is 1.92. The van der Waals surface area contributed by atoms with Crippen molar-refractivity contribution in [3.05, 3.63) is 12.2 Å². The van der Waals surface area contributed by atoms with Crippen molar-refractivity contribution >= 4 is 36.0 Å². The minimum Gasteiger partial charge on any atom is -0.444 e. The van der Waals surface area contributed by atoms with Crippen LogP contribution in [-0.4, -0.2) is 83.3 Å². The Morgan fingerprint density at radius 3 is 2.59 bits per heavy atom. The van der Waals surface area contributed by atoms with E-state index >= 15 is 0 Å². The zero-order valence-corrected chi connectivity index (χ0v) is 22.4. The van der Waals surface area contributed by atoms with E-state index in [4.69, 9.17) is 9.47 Å². The number of alkyl carbamates (subject to hydrolysis) is 1. The van der Waals surface area contributed by atoms with Crippen molar-refractivity contribution < 1.29 is 14.3 Å². The van der Waals surface area contributed by atoms with E-state index in [9.17, 15) is 4.79 Å². The molecule has 1 amide bonds. The van der Waals surface area contributed by atoms with Crippen LogP contribution in [-0.2, 0) is 22.4 Å². The van der Waals surface area contributed by atoms with Gasteiger partial charge in [-0.3, -0.25) is 4.99 Å². The van der Waals surface area contributed by atoms with Gasteiger partial charge in [0, 0.05) is 52.8 Å². The van der Waals surface area contributed by atoms with Gasteiger partial charge in [-0.2, -0.15) is 0 Å². The average molecular weight is 566 g/mol. The van der Waals surface area contributed by atoms with Crippen LogP contribution < -0.4 is 10.6 Å². The monoisotopic (exact) mass is 565 g/mol. The van der Waals surface area contributed by atoms with Crippen molar-refractivity contribution in [1.29, 1.82) is 0 Å². The number of aryl methyl sites for hydroxylation is 1. The third-order valence-electron chi connectivity index (χ3n) is 4.94. The number of ether oxygens (including phenoxy) is 2. The molecule has 1 aromatic heterocycles. The number of carbonyl (C=O) groups excluding carboxylic acids is 1. The van der Waals surface area contributed by atoms with E-state index in [2.05, 4.69) is 42.2 Å². The molecule has 0 bridgehead atoms. The van der Waals surface area contributed by atoms with Crippen LogP contribution in [0.3, 0.4) is 0 Å². The summed E-state index contributed by atoms with van der Waals surface area (Å²) >= 11 is 0. The molecular weight excluding hydrogens is 525 g/mol. The second-order valence-corrected chi connectivity index (χ2v) is 8.61. The van der Waals surface area contributed by atoms with Gasteiger partial charge < -0.3 is 29.6 Å². The highest BCUT2D eigenvalue weighted by Crippen LogP contribution is 2.14. The molecule has 0 aliphatic carbocycles. The molecule has 10 nitrogen and oxygen atoms in total. The zero-order chi connectivity index (χ0) is 22.7. The van der Waals surface area contributed by atoms with Gasteiger partial charge in [-0.1, -0.05) is 6.92 Å². The Balaban J connectivity index is 0.00000512. The summed E-state index contributed by atoms with van der Waals surface area (Å²) in [5.41, 5.74) is -0.473. The minimum absolute atomic E-state index is 0. The smallest absolute Gasteiger partial charge is 0.407 e. The molecule has 0 unspecified atom stereocenters. The van der Waals surface area contributed by atoms with Gasteiger partial charge in [-0.15, -0.1) is 34.2 Å². The maximum atomic E-state index is 11.6. The Bertz CT molecular complexity index is 698. The van der Waals surface area contributed by atoms with E-state index in [1.807, 2.05) is 27.8 Å². The number of piperidine rings is 1. The van der Waals surface area contributed by atoms with Gasteiger partial charge in [0.1, 0.15) is 17.8 Å². The Labute approximate surface area is 208 Å². The van der Waals surface area contributed by atoms with Crippen LogP contribution >= 0.6 is 24.0 Å². The molecule has 0 radical (unpaired) electrons. The van der Waals surface area contributed by atoms with Gasteiger partial charge in [0.05, 0.1) is 6.10 Å². The number of amides is 1. The highest BCUT2D eigenvalue weighted by Gasteiger charge is 2.22. The molecule has 2 heterocycles. The molecule has 1 fully saturated rings. The van der Waals surface area contributed by atoms with Crippen molar-refractivity contribution in [2.75, 3.05) is 39.8 Å². The predicted octanol–water partition coefficient (Wildman–Crippen LogP) is 2.43. The van der Waals surface area contributed by atoms with Crippen LogP contribution in [0.25, 0.3) is 0 Å². The zero-order valence-electron chi connectivity index (χ0n) is 20.1. The summed E-state index contributed by atoms with van der Waals surface area (Å²) in [7, 11) is 1.82. The molecule has 2 rings (SSSR count). The van der Waals surface area contributed by atoms with Crippen molar-refractivity contribution in [3.8, 4) is 0 Å². The standard InChI is InChI=1S/C21H39N7O3.HI/c1-6-18-26-25-16-28(18)14-11-23-19(22-5)27-12-8-17(9-13-27)30-15-7-10-24-20(29)31-21(2,3)4;/h16-17H,6-15H2,1-5H3,(H,22,23)(H,24,29);1H. The molecule has 11 heteroatoms. The van der Waals surface area contributed by atoms with Gasteiger partial charge in [-0.05, 0) is 40.0 Å². The summed E-state index contributed by atoms with van der Waals surface area (Å²) in [6, 6.07) is 0. The third-order valence-corrected chi connectivity index (χ3v) is 4.94. The Kier molecular flexibility index (Phi) is 12.9. The minimum atomic E-state index is -0.473. The third kappa shape index (κ3) is 10.3. The lowest BCUT2D eigenvalue weighted by molar-refractivity contribution is 0.0170. The molecular formula is C21H40IN7O3. The first-order valence-electron chi connectivity index (χ1n) is 11.2. The molecule has 0 saturated carbocycles. The summed E-state index contributed by atoms with van der Waals surface area (Å²) in [6.45, 7) is 12.2. The van der Waals surface area contributed by atoms with E-state index in [0.717, 1.165) is 63.6 Å². The summed E-state index contributed by atoms with van der Waals surface area (Å²) in [5, 5.41) is 14.3. The fourth-order valence-corrected chi connectivity index (χ4v) is 3.42. The van der Waals surface area contributed by atoms with Crippen molar-refractivity contribution in [2.24, 2.45) is 4.99 Å². The van der Waals surface area contributed by atoms with E-state index in [0.29, 0.717) is 13.2 Å². The van der Waals surface area contributed by atoms with Crippen LogP contribution in [0.15, 0.2) is 11.3 Å². The molecule has 1 aliphatic rings. The molecule has 0 spiro atoms. The number of aliphatic imine (C=N–C) groups is 1. The highest BCUT2D eigenvalue weighted by atomic mass is 127. The second-order valence-electron chi connectivity index (χ2n) is 8.61. The van der Waals surface area contributed by atoms with Gasteiger partial charge >= 0.3 is 6.09 Å². The van der Waals surface area contributed by atoms with Gasteiger partial charge in [0.2, 0.25) is 0 Å². The maximum absolute atomic E-state index is 11.6. The summed E-state index contributed by atoms with van der Waals surface area (Å²) in [6.07, 6.45) is 5.21. The number of carbonyl (C=O) groups is 1. The molecule has 32 heavy (non-hydrogen) atoms. The Morgan fingerprint density at radius 1 is 1.25 bits per heavy atom. The molecule has 2 N–H and O–H groups in total. The van der Waals surface area contributed by atoms with Crippen molar-refractivity contribution in [2.45, 2.75) is 71.6 Å². The quantitative estimate of drug-likeness (QED) is 0.205. The number of guanidine groups is 1. The predicted molar refractivity (Wildman–Crippen MR) is 136 cm³/mol. The number of aromatic nitrogens is 3. The fraction of sp³-hybridized carbons (Fsp3) is 0.810. The van der Waals surface area contributed by atoms with Crippen LogP contribution in [0, 0.1) is 0 Å². The largest absolute Gasteiger partial charge is 0.444 e. The lowest BCUT2D eigenvalue weighted by Crippen LogP contribution is -2.47. The topological polar surface area (TPSA) is 106 Å². The summed E-state index contributed by atoms with van der Waals surface area (Å²) < 4.78 is 13.3. The number of hydrogen-bond acceptors (Lipinski definition) is 6. The fourth-order valence-electron chi connectivity index (χ4n) is 3.42. The maximum Gasteiger partial charge on any atom is 0.407 e. The number of rotatable bonds is 9. The molecule has 1 aliphatic heterocycles. The van der Waals surface area contributed by atoms with E-state index in [1.54, 1.807) is 6.33 Å². The molecule has 1 saturated heterocycles. The lowest BCUT2D eigenvalue weighted by Gasteiger charge is -2.34. The van der Waals surface area contributed by atoms with E-state index in [1.165, 1.54) is 0 Å². The van der Waals surface area contributed by atoms with Gasteiger partial charge in [0.25, 0.3) is 0 Å². The first-order chi connectivity index (χ1) is 14.8. The number of nitrogens with zero attached hydrogens (tertiary/aromatic N) is 5. The SMILES string of the molecule is CCc1nncn1CCNC(=NC)N1CCC(OCCCNC(=O)OC(C)(C)C)CC1.I. The first-order valence-corrected chi connectivity index (χ1v) is 11.2. The summed E-state index contributed by atoms with van der Waals surface area (Å²) in [4.78, 5) is 18.3. The average Bonchev–Trinajstić information content (AvgIpc) is 3.18. The van der Waals surface area contributed by atoms with Crippen LogP contribution in [0.4, 0.5) is 4.79 Å². The normalized spacial score (nSPS) is 15.3.